The number of aromatic carboxylic acids is 1. The maximum absolute atomic E-state index is 12.4. The topological polar surface area (TPSA) is 160 Å². The van der Waals surface area contributed by atoms with Crippen LogP contribution in [0.4, 0.5) is 0 Å². The number of carboxylic acids is 3. The lowest BCUT2D eigenvalue weighted by Gasteiger charge is -2.16. The van der Waals surface area contributed by atoms with Crippen molar-refractivity contribution in [1.29, 1.82) is 0 Å². The van der Waals surface area contributed by atoms with Gasteiger partial charge in [-0.2, -0.15) is 0 Å². The SMILES string of the molecule is O=C(O)COC1Cc2c(n(CC(=O)O)cc(C(=O)O)c2=O)C=CC1=O. The maximum Gasteiger partial charge on any atom is 0.341 e. The molecule has 1 heterocycles. The van der Waals surface area contributed by atoms with Crippen LogP contribution in [0, 0.1) is 0 Å². The number of pyridine rings is 1. The summed E-state index contributed by atoms with van der Waals surface area (Å²) in [6.45, 7) is -1.40. The van der Waals surface area contributed by atoms with Crippen molar-refractivity contribution in [1.82, 2.24) is 4.57 Å². The monoisotopic (exact) mass is 351 g/mol. The Balaban J connectivity index is 2.58. The molecule has 0 bridgehead atoms. The molecule has 1 aliphatic carbocycles. The average Bonchev–Trinajstić information content (AvgIpc) is 2.67. The van der Waals surface area contributed by atoms with Gasteiger partial charge in [0, 0.05) is 23.9 Å². The van der Waals surface area contributed by atoms with Crippen LogP contribution in [0.3, 0.4) is 0 Å². The Morgan fingerprint density at radius 3 is 2.36 bits per heavy atom. The molecule has 10 nitrogen and oxygen atoms in total. The van der Waals surface area contributed by atoms with E-state index in [1.165, 1.54) is 6.08 Å². The molecular formula is C15H13NO9. The zero-order valence-corrected chi connectivity index (χ0v) is 12.7. The molecule has 0 saturated carbocycles. The number of aromatic nitrogens is 1. The maximum atomic E-state index is 12.4. The fraction of sp³-hybridized carbons (Fsp3) is 0.267. The number of rotatable bonds is 6. The van der Waals surface area contributed by atoms with Crippen LogP contribution in [0.25, 0.3) is 6.08 Å². The highest BCUT2D eigenvalue weighted by Gasteiger charge is 2.28. The summed E-state index contributed by atoms with van der Waals surface area (Å²) in [5, 5.41) is 26.7. The lowest BCUT2D eigenvalue weighted by molar-refractivity contribution is -0.146. The molecule has 1 aromatic heterocycles. The Morgan fingerprint density at radius 1 is 1.12 bits per heavy atom. The van der Waals surface area contributed by atoms with Crippen molar-refractivity contribution in [3.8, 4) is 0 Å². The van der Waals surface area contributed by atoms with Gasteiger partial charge in [0.1, 0.15) is 24.8 Å². The van der Waals surface area contributed by atoms with Gasteiger partial charge in [0.2, 0.25) is 0 Å². The summed E-state index contributed by atoms with van der Waals surface area (Å²) in [6.07, 6.45) is 1.47. The van der Waals surface area contributed by atoms with Crippen LogP contribution in [0.5, 0.6) is 0 Å². The molecule has 2 rings (SSSR count). The Kier molecular flexibility index (Phi) is 5.13. The van der Waals surface area contributed by atoms with Gasteiger partial charge in [-0.25, -0.2) is 9.59 Å². The molecule has 1 unspecified atom stereocenters. The summed E-state index contributed by atoms with van der Waals surface area (Å²) in [7, 11) is 0. The molecule has 3 N–H and O–H groups in total. The first-order chi connectivity index (χ1) is 11.7. The van der Waals surface area contributed by atoms with Gasteiger partial charge in [0.05, 0.1) is 0 Å². The van der Waals surface area contributed by atoms with E-state index >= 15 is 0 Å². The van der Waals surface area contributed by atoms with Crippen LogP contribution in [-0.4, -0.2) is 56.3 Å². The zero-order chi connectivity index (χ0) is 18.7. The largest absolute Gasteiger partial charge is 0.480 e. The summed E-state index contributed by atoms with van der Waals surface area (Å²) >= 11 is 0. The highest BCUT2D eigenvalue weighted by atomic mass is 16.5. The number of carbonyl (C=O) groups excluding carboxylic acids is 1. The van der Waals surface area contributed by atoms with E-state index in [1.54, 1.807) is 0 Å². The number of hydrogen-bond donors (Lipinski definition) is 3. The van der Waals surface area contributed by atoms with Crippen molar-refractivity contribution in [2.24, 2.45) is 0 Å². The van der Waals surface area contributed by atoms with E-state index < -0.39 is 53.9 Å². The van der Waals surface area contributed by atoms with E-state index in [2.05, 4.69) is 0 Å². The summed E-state index contributed by atoms with van der Waals surface area (Å²) in [6, 6.07) is 0. The zero-order valence-electron chi connectivity index (χ0n) is 12.7. The molecule has 1 aliphatic rings. The minimum Gasteiger partial charge on any atom is -0.480 e. The Morgan fingerprint density at radius 2 is 1.80 bits per heavy atom. The van der Waals surface area contributed by atoms with Crippen molar-refractivity contribution in [2.75, 3.05) is 6.61 Å². The summed E-state index contributed by atoms with van der Waals surface area (Å²) in [5.74, 6) is -4.75. The van der Waals surface area contributed by atoms with Gasteiger partial charge >= 0.3 is 17.9 Å². The standard InChI is InChI=1S/C15H13NO9/c17-10-2-1-9-7(3-11(10)25-6-13(20)21)14(22)8(15(23)24)4-16(9)5-12(18)19/h1-2,4,11H,3,5-6H2,(H,18,19)(H,20,21)(H,23,24). The van der Waals surface area contributed by atoms with E-state index in [1.807, 2.05) is 0 Å². The quantitative estimate of drug-likeness (QED) is 0.598. The molecule has 25 heavy (non-hydrogen) atoms. The normalized spacial score (nSPS) is 16.2. The van der Waals surface area contributed by atoms with Gasteiger partial charge in [-0.15, -0.1) is 0 Å². The van der Waals surface area contributed by atoms with Crippen LogP contribution in [0.1, 0.15) is 21.6 Å². The molecule has 132 valence electrons. The molecule has 0 radical (unpaired) electrons. The molecular weight excluding hydrogens is 338 g/mol. The molecule has 0 amide bonds. The Labute approximate surface area is 139 Å². The number of hydrogen-bond acceptors (Lipinski definition) is 6. The Hall–Kier alpha value is -3.27. The second kappa shape index (κ2) is 7.09. The van der Waals surface area contributed by atoms with Crippen LogP contribution < -0.4 is 5.43 Å². The van der Waals surface area contributed by atoms with Crippen LogP contribution >= 0.6 is 0 Å². The molecule has 0 saturated heterocycles. The van der Waals surface area contributed by atoms with Crippen LogP contribution in [0.15, 0.2) is 17.1 Å². The van der Waals surface area contributed by atoms with Crippen LogP contribution in [-0.2, 0) is 32.1 Å². The van der Waals surface area contributed by atoms with Gasteiger partial charge in [0.15, 0.2) is 11.2 Å². The minimum absolute atomic E-state index is 0.0622. The first kappa shape index (κ1) is 18.1. The summed E-state index contributed by atoms with van der Waals surface area (Å²) < 4.78 is 5.99. The Bertz CT molecular complexity index is 849. The molecule has 1 atom stereocenters. The fourth-order valence-electron chi connectivity index (χ4n) is 2.43. The second-order valence-corrected chi connectivity index (χ2v) is 5.20. The van der Waals surface area contributed by atoms with Crippen LogP contribution in [0.2, 0.25) is 0 Å². The third-order valence-electron chi connectivity index (χ3n) is 3.48. The number of ether oxygens (including phenoxy) is 1. The predicted octanol–water partition coefficient (Wildman–Crippen LogP) is -0.761. The molecule has 0 aliphatic heterocycles. The fourth-order valence-corrected chi connectivity index (χ4v) is 2.43. The first-order valence-electron chi connectivity index (χ1n) is 6.97. The third-order valence-corrected chi connectivity index (χ3v) is 3.48. The van der Waals surface area contributed by atoms with Crippen molar-refractivity contribution in [2.45, 2.75) is 19.1 Å². The van der Waals surface area contributed by atoms with Crippen molar-refractivity contribution >= 4 is 29.8 Å². The number of fused-ring (bicyclic) bond motifs is 1. The van der Waals surface area contributed by atoms with E-state index in [-0.39, 0.29) is 17.7 Å². The van der Waals surface area contributed by atoms with E-state index in [9.17, 15) is 24.0 Å². The number of carbonyl (C=O) groups is 4. The molecule has 0 fully saturated rings. The molecule has 10 heteroatoms. The molecule has 0 spiro atoms. The van der Waals surface area contributed by atoms with E-state index in [0.29, 0.717) is 0 Å². The average molecular weight is 351 g/mol. The highest BCUT2D eigenvalue weighted by Crippen LogP contribution is 2.18. The van der Waals surface area contributed by atoms with Gasteiger partial charge < -0.3 is 24.6 Å². The first-order valence-corrected chi connectivity index (χ1v) is 6.97. The lowest BCUT2D eigenvalue weighted by Crippen LogP contribution is -2.32. The second-order valence-electron chi connectivity index (χ2n) is 5.20. The van der Waals surface area contributed by atoms with Gasteiger partial charge in [-0.3, -0.25) is 14.4 Å². The molecule has 0 aromatic carbocycles. The smallest absolute Gasteiger partial charge is 0.341 e. The number of ketones is 1. The number of carboxylic acid groups (broad SMARTS) is 3. The van der Waals surface area contributed by atoms with Gasteiger partial charge in [-0.1, -0.05) is 0 Å². The number of aliphatic carboxylic acids is 2. The molecule has 1 aromatic rings. The highest BCUT2D eigenvalue weighted by molar-refractivity contribution is 5.98. The summed E-state index contributed by atoms with van der Waals surface area (Å²) in [4.78, 5) is 57.2. The van der Waals surface area contributed by atoms with E-state index in [4.69, 9.17) is 20.1 Å². The predicted molar refractivity (Wildman–Crippen MR) is 80.4 cm³/mol. The minimum atomic E-state index is -1.55. The van der Waals surface area contributed by atoms with E-state index in [0.717, 1.165) is 16.8 Å². The van der Waals surface area contributed by atoms with Crippen molar-refractivity contribution in [3.63, 3.8) is 0 Å². The van der Waals surface area contributed by atoms with Gasteiger partial charge in [0.25, 0.3) is 0 Å². The summed E-state index contributed by atoms with van der Waals surface area (Å²) in [5.41, 5.74) is -1.60. The third kappa shape index (κ3) is 3.98. The lowest BCUT2D eigenvalue weighted by atomic mass is 10.0. The van der Waals surface area contributed by atoms with Crippen molar-refractivity contribution in [3.05, 3.63) is 39.3 Å². The van der Waals surface area contributed by atoms with Gasteiger partial charge in [-0.05, 0) is 12.2 Å². The number of nitrogens with zero attached hydrogens (tertiary/aromatic N) is 1. The van der Waals surface area contributed by atoms with Crippen molar-refractivity contribution < 1.29 is 39.2 Å².